The van der Waals surface area contributed by atoms with E-state index in [0.717, 1.165) is 22.5 Å². The van der Waals surface area contributed by atoms with E-state index in [0.29, 0.717) is 24.0 Å². The Bertz CT molecular complexity index is 947. The van der Waals surface area contributed by atoms with E-state index >= 15 is 0 Å². The van der Waals surface area contributed by atoms with Crippen molar-refractivity contribution >= 4 is 35.1 Å². The van der Waals surface area contributed by atoms with Crippen LogP contribution in [-0.2, 0) is 4.79 Å². The highest BCUT2D eigenvalue weighted by molar-refractivity contribution is 7.10. The van der Waals surface area contributed by atoms with E-state index in [1.54, 1.807) is 22.3 Å². The Balaban J connectivity index is 1.62. The van der Waals surface area contributed by atoms with Crippen LogP contribution in [0.2, 0.25) is 0 Å². The van der Waals surface area contributed by atoms with Crippen LogP contribution in [0.25, 0.3) is 23.5 Å². The van der Waals surface area contributed by atoms with Crippen LogP contribution in [0.4, 0.5) is 5.69 Å². The molecule has 7 heteroatoms. The van der Waals surface area contributed by atoms with Gasteiger partial charge >= 0.3 is 0 Å². The summed E-state index contributed by atoms with van der Waals surface area (Å²) in [6.07, 6.45) is 4.59. The van der Waals surface area contributed by atoms with Crippen molar-refractivity contribution in [2.24, 2.45) is 0 Å². The first-order chi connectivity index (χ1) is 12.7. The van der Waals surface area contributed by atoms with Gasteiger partial charge in [0.25, 0.3) is 11.8 Å². The zero-order valence-corrected chi connectivity index (χ0v) is 15.0. The van der Waals surface area contributed by atoms with E-state index in [4.69, 9.17) is 9.26 Å². The largest absolute Gasteiger partial charge is 0.482 e. The van der Waals surface area contributed by atoms with Crippen LogP contribution in [0.3, 0.4) is 0 Å². The second kappa shape index (κ2) is 7.13. The van der Waals surface area contributed by atoms with E-state index in [-0.39, 0.29) is 12.5 Å². The van der Waals surface area contributed by atoms with Crippen molar-refractivity contribution in [1.29, 1.82) is 0 Å². The predicted molar refractivity (Wildman–Crippen MR) is 101 cm³/mol. The molecule has 26 heavy (non-hydrogen) atoms. The number of hydrogen-bond acceptors (Lipinski definition) is 6. The molecule has 0 saturated carbocycles. The number of fused-ring (bicyclic) bond motifs is 1. The summed E-state index contributed by atoms with van der Waals surface area (Å²) in [5.41, 5.74) is 1.53. The third-order valence-electron chi connectivity index (χ3n) is 3.98. The van der Waals surface area contributed by atoms with E-state index < -0.39 is 0 Å². The molecule has 1 amide bonds. The molecule has 0 radical (unpaired) electrons. The number of thiophene rings is 1. The quantitative estimate of drug-likeness (QED) is 0.679. The van der Waals surface area contributed by atoms with Gasteiger partial charge in [-0.1, -0.05) is 18.1 Å². The normalized spacial score (nSPS) is 13.9. The van der Waals surface area contributed by atoms with Crippen LogP contribution >= 0.6 is 11.3 Å². The summed E-state index contributed by atoms with van der Waals surface area (Å²) in [4.78, 5) is 19.4. The van der Waals surface area contributed by atoms with Crippen LogP contribution in [0.5, 0.6) is 5.75 Å². The fourth-order valence-electron chi connectivity index (χ4n) is 2.77. The Morgan fingerprint density at radius 1 is 1.31 bits per heavy atom. The number of benzene rings is 1. The van der Waals surface area contributed by atoms with Crippen LogP contribution in [0.15, 0.2) is 40.2 Å². The van der Waals surface area contributed by atoms with Gasteiger partial charge < -0.3 is 14.2 Å². The number of carbonyl (C=O) groups excluding carboxylic acids is 1. The zero-order chi connectivity index (χ0) is 17.9. The van der Waals surface area contributed by atoms with Gasteiger partial charge in [-0.2, -0.15) is 4.98 Å². The van der Waals surface area contributed by atoms with Crippen molar-refractivity contribution < 1.29 is 14.1 Å². The molecule has 0 saturated heterocycles. The highest BCUT2D eigenvalue weighted by Gasteiger charge is 2.25. The molecule has 6 nitrogen and oxygen atoms in total. The van der Waals surface area contributed by atoms with Crippen LogP contribution in [0.1, 0.15) is 24.1 Å². The number of ether oxygens (including phenoxy) is 1. The monoisotopic (exact) mass is 367 g/mol. The molecule has 3 heterocycles. The molecule has 2 aromatic heterocycles. The first-order valence-corrected chi connectivity index (χ1v) is 9.25. The molecule has 0 fully saturated rings. The number of hydrogen-bond donors (Lipinski definition) is 0. The Morgan fingerprint density at radius 3 is 3.04 bits per heavy atom. The molecule has 0 unspecified atom stereocenters. The molecule has 0 spiro atoms. The molecular formula is C19H17N3O3S. The highest BCUT2D eigenvalue weighted by Crippen LogP contribution is 2.35. The van der Waals surface area contributed by atoms with Crippen molar-refractivity contribution in [2.45, 2.75) is 13.3 Å². The molecule has 3 aromatic rings. The second-order valence-corrected chi connectivity index (χ2v) is 6.80. The molecule has 0 aliphatic carbocycles. The first kappa shape index (κ1) is 16.5. The lowest BCUT2D eigenvalue weighted by Gasteiger charge is -2.29. The average Bonchev–Trinajstić information content (AvgIpc) is 3.33. The summed E-state index contributed by atoms with van der Waals surface area (Å²) in [5.74, 6) is 1.57. The summed E-state index contributed by atoms with van der Waals surface area (Å²) in [6, 6.07) is 9.59. The van der Waals surface area contributed by atoms with Crippen molar-refractivity contribution in [2.75, 3.05) is 18.1 Å². The van der Waals surface area contributed by atoms with Gasteiger partial charge in [0.15, 0.2) is 6.61 Å². The minimum absolute atomic E-state index is 0.0378. The Kier molecular flexibility index (Phi) is 4.53. The molecule has 4 rings (SSSR count). The van der Waals surface area contributed by atoms with Crippen LogP contribution in [0, 0.1) is 0 Å². The van der Waals surface area contributed by atoms with Crippen molar-refractivity contribution in [3.63, 3.8) is 0 Å². The Morgan fingerprint density at radius 2 is 2.23 bits per heavy atom. The number of anilines is 1. The summed E-state index contributed by atoms with van der Waals surface area (Å²) < 4.78 is 10.8. The zero-order valence-electron chi connectivity index (χ0n) is 14.2. The summed E-state index contributed by atoms with van der Waals surface area (Å²) in [7, 11) is 0. The number of rotatable bonds is 5. The Labute approximate surface area is 154 Å². The van der Waals surface area contributed by atoms with Gasteiger partial charge in [0.1, 0.15) is 5.75 Å². The van der Waals surface area contributed by atoms with Crippen molar-refractivity contribution in [3.8, 4) is 17.1 Å². The van der Waals surface area contributed by atoms with E-state index in [1.807, 2.05) is 48.7 Å². The molecular weight excluding hydrogens is 350 g/mol. The molecule has 132 valence electrons. The number of nitrogens with zero attached hydrogens (tertiary/aromatic N) is 3. The average molecular weight is 367 g/mol. The van der Waals surface area contributed by atoms with Gasteiger partial charge in [0.05, 0.1) is 5.69 Å². The smallest absolute Gasteiger partial charge is 0.265 e. The standard InChI is InChI=1S/C19H17N3O3S/c1-2-9-22-15-11-13(5-7-16(15)24-12-18(22)23)19-20-17(25-21-19)8-6-14-4-3-10-26-14/h3-8,10-11H,2,9,12H2,1H3. The predicted octanol–water partition coefficient (Wildman–Crippen LogP) is 4.10. The van der Waals surface area contributed by atoms with Crippen LogP contribution < -0.4 is 9.64 Å². The fraction of sp³-hybridized carbons (Fsp3) is 0.211. The minimum Gasteiger partial charge on any atom is -0.482 e. The van der Waals surface area contributed by atoms with Gasteiger partial charge in [-0.15, -0.1) is 11.3 Å². The lowest BCUT2D eigenvalue weighted by atomic mass is 10.1. The van der Waals surface area contributed by atoms with Crippen LogP contribution in [-0.4, -0.2) is 29.2 Å². The first-order valence-electron chi connectivity index (χ1n) is 8.37. The summed E-state index contributed by atoms with van der Waals surface area (Å²) in [5, 5.41) is 6.06. The lowest BCUT2D eigenvalue weighted by Crippen LogP contribution is -2.39. The van der Waals surface area contributed by atoms with Gasteiger partial charge in [-0.25, -0.2) is 0 Å². The molecule has 0 bridgehead atoms. The fourth-order valence-corrected chi connectivity index (χ4v) is 3.39. The Hall–Kier alpha value is -2.93. The number of amides is 1. The summed E-state index contributed by atoms with van der Waals surface area (Å²) in [6.45, 7) is 2.77. The number of carbonyl (C=O) groups is 1. The minimum atomic E-state index is -0.0378. The van der Waals surface area contributed by atoms with Gasteiger partial charge in [-0.3, -0.25) is 4.79 Å². The molecule has 0 N–H and O–H groups in total. The highest BCUT2D eigenvalue weighted by atomic mass is 32.1. The topological polar surface area (TPSA) is 68.5 Å². The third kappa shape index (κ3) is 3.25. The van der Waals surface area contributed by atoms with E-state index in [9.17, 15) is 4.79 Å². The van der Waals surface area contributed by atoms with Crippen molar-refractivity contribution in [3.05, 3.63) is 46.5 Å². The van der Waals surface area contributed by atoms with Gasteiger partial charge in [0.2, 0.25) is 5.82 Å². The van der Waals surface area contributed by atoms with Gasteiger partial charge in [0, 0.05) is 23.1 Å². The lowest BCUT2D eigenvalue weighted by molar-refractivity contribution is -0.121. The van der Waals surface area contributed by atoms with Crippen molar-refractivity contribution in [1.82, 2.24) is 10.1 Å². The maximum atomic E-state index is 12.1. The SMILES string of the molecule is CCCN1C(=O)COc2ccc(-c3noc(C=Cc4cccs4)n3)cc21. The van der Waals surface area contributed by atoms with Gasteiger partial charge in [-0.05, 0) is 42.1 Å². The maximum absolute atomic E-state index is 12.1. The maximum Gasteiger partial charge on any atom is 0.265 e. The van der Waals surface area contributed by atoms with E-state index in [2.05, 4.69) is 10.1 Å². The van der Waals surface area contributed by atoms with E-state index in [1.165, 1.54) is 0 Å². The number of aromatic nitrogens is 2. The summed E-state index contributed by atoms with van der Waals surface area (Å²) >= 11 is 1.64. The molecule has 0 atom stereocenters. The molecule has 1 aromatic carbocycles. The molecule has 1 aliphatic rings. The second-order valence-electron chi connectivity index (χ2n) is 5.82. The molecule has 1 aliphatic heterocycles. The third-order valence-corrected chi connectivity index (χ3v) is 4.82.